The van der Waals surface area contributed by atoms with Crippen LogP contribution in [0.25, 0.3) is 0 Å². The van der Waals surface area contributed by atoms with Gasteiger partial charge in [-0.3, -0.25) is 14.4 Å². The van der Waals surface area contributed by atoms with Gasteiger partial charge in [0, 0.05) is 13.6 Å². The molecule has 6 nitrogen and oxygen atoms in total. The Labute approximate surface area is 118 Å². The van der Waals surface area contributed by atoms with Crippen molar-refractivity contribution in [2.24, 2.45) is 7.05 Å². The van der Waals surface area contributed by atoms with Crippen LogP contribution in [0.3, 0.4) is 0 Å². The summed E-state index contributed by atoms with van der Waals surface area (Å²) in [5.74, 6) is -0.0456. The van der Waals surface area contributed by atoms with E-state index in [2.05, 4.69) is 5.10 Å². The van der Waals surface area contributed by atoms with E-state index in [1.165, 1.54) is 4.90 Å². The normalized spacial score (nSPS) is 23.2. The van der Waals surface area contributed by atoms with Gasteiger partial charge >= 0.3 is 6.03 Å². The largest absolute Gasteiger partial charge is 0.327 e. The average Bonchev–Trinajstić information content (AvgIpc) is 2.74. The summed E-state index contributed by atoms with van der Waals surface area (Å²) in [6, 6.07) is 1.55. The molecule has 3 amide bonds. The molecule has 0 bridgehead atoms. The molecule has 2 aliphatic rings. The molecule has 3 heterocycles. The summed E-state index contributed by atoms with van der Waals surface area (Å²) in [6.07, 6.45) is 3.92. The first kappa shape index (κ1) is 13.1. The summed E-state index contributed by atoms with van der Waals surface area (Å²) in [5.41, 5.74) is 1.79. The highest BCUT2D eigenvalue weighted by atomic mass is 16.2. The number of urea groups is 1. The molecule has 20 heavy (non-hydrogen) atoms. The van der Waals surface area contributed by atoms with E-state index in [0.717, 1.165) is 37.1 Å². The molecule has 3 rings (SSSR count). The summed E-state index contributed by atoms with van der Waals surface area (Å²) in [7, 11) is 1.84. The quantitative estimate of drug-likeness (QED) is 0.768. The fourth-order valence-electron chi connectivity index (χ4n) is 3.14. The van der Waals surface area contributed by atoms with Gasteiger partial charge in [-0.15, -0.1) is 0 Å². The fraction of sp³-hybridized carbons (Fsp3) is 0.643. The maximum atomic E-state index is 12.5. The first-order valence-corrected chi connectivity index (χ1v) is 7.19. The number of rotatable bonds is 2. The number of carbonyl (C=O) groups is 2. The summed E-state index contributed by atoms with van der Waals surface area (Å²) < 4.78 is 1.74. The lowest BCUT2D eigenvalue weighted by molar-refractivity contribution is -0.128. The Bertz CT molecular complexity index is 527. The van der Waals surface area contributed by atoms with Crippen LogP contribution in [0.1, 0.15) is 37.1 Å². The van der Waals surface area contributed by atoms with Crippen molar-refractivity contribution in [2.45, 2.75) is 45.2 Å². The molecule has 0 aromatic carbocycles. The van der Waals surface area contributed by atoms with E-state index >= 15 is 0 Å². The number of hydrogen-bond acceptors (Lipinski definition) is 3. The Morgan fingerprint density at radius 3 is 2.80 bits per heavy atom. The summed E-state index contributed by atoms with van der Waals surface area (Å²) in [4.78, 5) is 28.0. The van der Waals surface area contributed by atoms with E-state index in [9.17, 15) is 9.59 Å². The zero-order chi connectivity index (χ0) is 14.3. The minimum atomic E-state index is -0.237. The van der Waals surface area contributed by atoms with Crippen molar-refractivity contribution in [3.05, 3.63) is 17.5 Å². The highest BCUT2D eigenvalue weighted by molar-refractivity contribution is 6.04. The van der Waals surface area contributed by atoms with Crippen molar-refractivity contribution in [1.29, 1.82) is 0 Å². The molecule has 1 aromatic rings. The van der Waals surface area contributed by atoms with E-state index in [1.807, 2.05) is 20.0 Å². The second-order valence-corrected chi connectivity index (χ2v) is 5.67. The topological polar surface area (TPSA) is 58.4 Å². The molecule has 1 aromatic heterocycles. The maximum Gasteiger partial charge on any atom is 0.327 e. The molecular weight excluding hydrogens is 256 g/mol. The molecule has 0 N–H and O–H groups in total. The van der Waals surface area contributed by atoms with Gasteiger partial charge in [-0.2, -0.15) is 5.10 Å². The third kappa shape index (κ3) is 2.09. The number of nitrogens with zero attached hydrogens (tertiary/aromatic N) is 4. The van der Waals surface area contributed by atoms with Crippen molar-refractivity contribution in [1.82, 2.24) is 19.6 Å². The van der Waals surface area contributed by atoms with E-state index in [0.29, 0.717) is 13.1 Å². The number of fused-ring (bicyclic) bond motifs is 1. The Morgan fingerprint density at radius 2 is 2.10 bits per heavy atom. The van der Waals surface area contributed by atoms with Gasteiger partial charge < -0.3 is 4.90 Å². The third-order valence-corrected chi connectivity index (χ3v) is 4.20. The predicted molar refractivity (Wildman–Crippen MR) is 72.9 cm³/mol. The molecule has 2 saturated heterocycles. The Kier molecular flexibility index (Phi) is 3.23. The molecule has 2 fully saturated rings. The molecular formula is C14H20N4O2. The number of hydrogen-bond donors (Lipinski definition) is 0. The van der Waals surface area contributed by atoms with Crippen molar-refractivity contribution >= 4 is 11.9 Å². The van der Waals surface area contributed by atoms with Crippen LogP contribution in [0, 0.1) is 6.92 Å². The molecule has 0 aliphatic carbocycles. The van der Waals surface area contributed by atoms with Crippen LogP contribution in [-0.4, -0.2) is 44.1 Å². The van der Waals surface area contributed by atoms with Crippen LogP contribution < -0.4 is 0 Å². The van der Waals surface area contributed by atoms with Gasteiger partial charge in [0.1, 0.15) is 6.04 Å². The first-order valence-electron chi connectivity index (χ1n) is 7.19. The first-order chi connectivity index (χ1) is 9.58. The molecule has 6 heteroatoms. The van der Waals surface area contributed by atoms with Crippen LogP contribution in [0.15, 0.2) is 6.07 Å². The zero-order valence-electron chi connectivity index (χ0n) is 12.0. The van der Waals surface area contributed by atoms with Crippen molar-refractivity contribution in [2.75, 3.05) is 6.54 Å². The zero-order valence-corrected chi connectivity index (χ0v) is 12.0. The number of amides is 3. The molecule has 0 saturated carbocycles. The van der Waals surface area contributed by atoms with E-state index in [-0.39, 0.29) is 18.0 Å². The SMILES string of the molecule is Cc1cc(CN2C(=O)C3CCCCCN3C2=O)n(C)n1. The summed E-state index contributed by atoms with van der Waals surface area (Å²) in [6.45, 7) is 2.93. The number of aryl methyl sites for hydroxylation is 2. The molecule has 0 radical (unpaired) electrons. The average molecular weight is 276 g/mol. The third-order valence-electron chi connectivity index (χ3n) is 4.20. The van der Waals surface area contributed by atoms with Crippen LogP contribution in [-0.2, 0) is 18.4 Å². The van der Waals surface area contributed by atoms with Gasteiger partial charge in [0.25, 0.3) is 5.91 Å². The van der Waals surface area contributed by atoms with Crippen molar-refractivity contribution < 1.29 is 9.59 Å². The summed E-state index contributed by atoms with van der Waals surface area (Å²) in [5, 5.41) is 4.26. The lowest BCUT2D eigenvalue weighted by Crippen LogP contribution is -2.34. The molecule has 2 aliphatic heterocycles. The Hall–Kier alpha value is -1.85. The van der Waals surface area contributed by atoms with Gasteiger partial charge in [-0.25, -0.2) is 4.79 Å². The minimum absolute atomic E-state index is 0.0456. The van der Waals surface area contributed by atoms with Crippen molar-refractivity contribution in [3.63, 3.8) is 0 Å². The van der Waals surface area contributed by atoms with Crippen LogP contribution in [0.4, 0.5) is 4.79 Å². The second kappa shape index (κ2) is 4.92. The van der Waals surface area contributed by atoms with Gasteiger partial charge in [-0.05, 0) is 25.8 Å². The summed E-state index contributed by atoms with van der Waals surface area (Å²) >= 11 is 0. The van der Waals surface area contributed by atoms with Crippen LogP contribution >= 0.6 is 0 Å². The predicted octanol–water partition coefficient (Wildman–Crippen LogP) is 1.44. The number of carbonyl (C=O) groups excluding carboxylic acids is 2. The standard InChI is InChI=1S/C14H20N4O2/c1-10-8-11(16(2)15-10)9-18-13(19)12-6-4-3-5-7-17(12)14(18)20/h8,12H,3-7,9H2,1-2H3. The highest BCUT2D eigenvalue weighted by Gasteiger charge is 2.45. The van der Waals surface area contributed by atoms with E-state index < -0.39 is 0 Å². The lowest BCUT2D eigenvalue weighted by atomic mass is 10.1. The second-order valence-electron chi connectivity index (χ2n) is 5.67. The Balaban J connectivity index is 1.82. The van der Waals surface area contributed by atoms with Gasteiger partial charge in [0.05, 0.1) is 17.9 Å². The van der Waals surface area contributed by atoms with E-state index in [4.69, 9.17) is 0 Å². The molecule has 0 spiro atoms. The van der Waals surface area contributed by atoms with Crippen LogP contribution in [0.2, 0.25) is 0 Å². The lowest BCUT2D eigenvalue weighted by Gasteiger charge is -2.18. The van der Waals surface area contributed by atoms with Gasteiger partial charge in [-0.1, -0.05) is 12.8 Å². The molecule has 1 atom stereocenters. The monoisotopic (exact) mass is 276 g/mol. The molecule has 108 valence electrons. The maximum absolute atomic E-state index is 12.5. The number of imide groups is 1. The van der Waals surface area contributed by atoms with Crippen LogP contribution in [0.5, 0.6) is 0 Å². The van der Waals surface area contributed by atoms with E-state index in [1.54, 1.807) is 9.58 Å². The van der Waals surface area contributed by atoms with Gasteiger partial charge in [0.2, 0.25) is 0 Å². The van der Waals surface area contributed by atoms with Crippen molar-refractivity contribution in [3.8, 4) is 0 Å². The smallest absolute Gasteiger partial charge is 0.312 e. The minimum Gasteiger partial charge on any atom is -0.312 e. The van der Waals surface area contributed by atoms with Gasteiger partial charge in [0.15, 0.2) is 0 Å². The Morgan fingerprint density at radius 1 is 1.30 bits per heavy atom. The number of aromatic nitrogens is 2. The highest BCUT2D eigenvalue weighted by Crippen LogP contribution is 2.27. The fourth-order valence-corrected chi connectivity index (χ4v) is 3.14. The molecule has 1 unspecified atom stereocenters.